The highest BCUT2D eigenvalue weighted by molar-refractivity contribution is 5.84. The van der Waals surface area contributed by atoms with E-state index in [-0.39, 0.29) is 5.82 Å². The summed E-state index contributed by atoms with van der Waals surface area (Å²) in [6.45, 7) is 5.84. The molecule has 3 aromatic carbocycles. The van der Waals surface area contributed by atoms with Gasteiger partial charge in [-0.1, -0.05) is 6.07 Å². The van der Waals surface area contributed by atoms with Crippen molar-refractivity contribution in [2.45, 2.75) is 45.5 Å². The molecular formula is C27H26F3N3O2. The summed E-state index contributed by atoms with van der Waals surface area (Å²) in [6, 6.07) is 15.0. The van der Waals surface area contributed by atoms with Crippen molar-refractivity contribution in [3.63, 3.8) is 0 Å². The van der Waals surface area contributed by atoms with E-state index in [1.807, 2.05) is 13.0 Å². The average Bonchev–Trinajstić information content (AvgIpc) is 3.22. The maximum Gasteiger partial charge on any atom is 0.257 e. The first-order valence-electron chi connectivity index (χ1n) is 11.2. The lowest BCUT2D eigenvalue weighted by Gasteiger charge is -2.29. The van der Waals surface area contributed by atoms with Gasteiger partial charge < -0.3 is 10.1 Å². The summed E-state index contributed by atoms with van der Waals surface area (Å²) in [5.41, 5.74) is 0.708. The van der Waals surface area contributed by atoms with Crippen molar-refractivity contribution in [2.75, 3.05) is 0 Å². The molecule has 8 heteroatoms. The molecule has 4 aromatic rings. The van der Waals surface area contributed by atoms with Gasteiger partial charge in [0.15, 0.2) is 5.67 Å². The van der Waals surface area contributed by atoms with Gasteiger partial charge in [-0.15, -0.1) is 0 Å². The number of hydrogen-bond donors (Lipinski definition) is 1. The molecule has 35 heavy (non-hydrogen) atoms. The van der Waals surface area contributed by atoms with Crippen LogP contribution < -0.4 is 10.1 Å². The predicted molar refractivity (Wildman–Crippen MR) is 128 cm³/mol. The molecule has 2 atom stereocenters. The Morgan fingerprint density at radius 3 is 2.40 bits per heavy atom. The Kier molecular flexibility index (Phi) is 6.56. The average molecular weight is 482 g/mol. The quantitative estimate of drug-likeness (QED) is 0.353. The third kappa shape index (κ3) is 5.31. The van der Waals surface area contributed by atoms with Crippen molar-refractivity contribution in [1.29, 1.82) is 0 Å². The summed E-state index contributed by atoms with van der Waals surface area (Å²) in [6.07, 6.45) is 0.867. The smallest absolute Gasteiger partial charge is 0.257 e. The Bertz CT molecular complexity index is 1360. The Balaban J connectivity index is 1.68. The van der Waals surface area contributed by atoms with Crippen LogP contribution in [0.25, 0.3) is 16.6 Å². The van der Waals surface area contributed by atoms with Crippen LogP contribution in [0.1, 0.15) is 38.0 Å². The number of carbonyl (C=O) groups is 1. The summed E-state index contributed by atoms with van der Waals surface area (Å²) >= 11 is 0. The minimum atomic E-state index is -2.08. The van der Waals surface area contributed by atoms with Gasteiger partial charge in [0.1, 0.15) is 23.5 Å². The maximum absolute atomic E-state index is 14.2. The van der Waals surface area contributed by atoms with E-state index in [9.17, 15) is 18.0 Å². The van der Waals surface area contributed by atoms with Crippen molar-refractivity contribution >= 4 is 16.8 Å². The lowest BCUT2D eigenvalue weighted by atomic mass is 9.97. The van der Waals surface area contributed by atoms with Crippen LogP contribution in [0, 0.1) is 18.6 Å². The van der Waals surface area contributed by atoms with E-state index >= 15 is 0 Å². The van der Waals surface area contributed by atoms with Gasteiger partial charge in [-0.25, -0.2) is 17.9 Å². The zero-order valence-corrected chi connectivity index (χ0v) is 19.9. The Labute approximate surface area is 201 Å². The third-order valence-corrected chi connectivity index (χ3v) is 5.77. The molecule has 0 saturated carbocycles. The van der Waals surface area contributed by atoms with Crippen LogP contribution in [0.3, 0.4) is 0 Å². The number of aromatic nitrogens is 2. The van der Waals surface area contributed by atoms with Crippen LogP contribution in [-0.4, -0.2) is 27.4 Å². The van der Waals surface area contributed by atoms with E-state index in [0.29, 0.717) is 17.0 Å². The van der Waals surface area contributed by atoms with E-state index < -0.39 is 29.5 Å². The zero-order chi connectivity index (χ0) is 25.3. The van der Waals surface area contributed by atoms with E-state index in [1.165, 1.54) is 38.1 Å². The first-order chi connectivity index (χ1) is 16.5. The number of aryl methyl sites for hydroxylation is 1. The molecule has 0 aliphatic rings. The molecule has 1 amide bonds. The van der Waals surface area contributed by atoms with Gasteiger partial charge in [0.05, 0.1) is 23.4 Å². The van der Waals surface area contributed by atoms with Crippen molar-refractivity contribution in [3.8, 4) is 11.4 Å². The molecule has 0 radical (unpaired) electrons. The van der Waals surface area contributed by atoms with Crippen molar-refractivity contribution in [1.82, 2.24) is 15.1 Å². The Morgan fingerprint density at radius 1 is 1.03 bits per heavy atom. The van der Waals surface area contributed by atoms with Gasteiger partial charge in [0, 0.05) is 10.9 Å². The number of rotatable bonds is 7. The van der Waals surface area contributed by atoms with Crippen LogP contribution >= 0.6 is 0 Å². The minimum absolute atomic E-state index is 0.336. The highest BCUT2D eigenvalue weighted by atomic mass is 19.1. The molecule has 0 unspecified atom stereocenters. The monoisotopic (exact) mass is 481 g/mol. The van der Waals surface area contributed by atoms with Gasteiger partial charge >= 0.3 is 0 Å². The Morgan fingerprint density at radius 2 is 1.71 bits per heavy atom. The standard InChI is InChI=1S/C27H26F3N3O2/c1-16-5-6-20(29)14-23(16)25(17(2)32-26(34)27(3,4)30)35-22-11-12-24-18(13-22)15-31-33(24)21-9-7-19(28)8-10-21/h5-15,17,25H,1-4H3,(H,32,34)/t17-,25+/m0/s1. The number of hydrogen-bond acceptors (Lipinski definition) is 3. The first-order valence-corrected chi connectivity index (χ1v) is 11.2. The fourth-order valence-corrected chi connectivity index (χ4v) is 3.83. The first kappa shape index (κ1) is 24.3. The fourth-order valence-electron chi connectivity index (χ4n) is 3.83. The number of nitrogens with one attached hydrogen (secondary N) is 1. The number of alkyl halides is 1. The second kappa shape index (κ2) is 9.44. The van der Waals surface area contributed by atoms with E-state index in [4.69, 9.17) is 4.74 Å². The summed E-state index contributed by atoms with van der Waals surface area (Å²) in [4.78, 5) is 12.3. The molecule has 0 aliphatic carbocycles. The predicted octanol–water partition coefficient (Wildman–Crippen LogP) is 5.99. The molecule has 1 aromatic heterocycles. The second-order valence-corrected chi connectivity index (χ2v) is 9.03. The summed E-state index contributed by atoms with van der Waals surface area (Å²) in [7, 11) is 0. The topological polar surface area (TPSA) is 56.1 Å². The SMILES string of the molecule is Cc1ccc(F)cc1[C@H](Oc1ccc2c(cnn2-c2ccc(F)cc2)c1)[C@H](C)NC(=O)C(C)(C)F. The number of amides is 1. The van der Waals surface area contributed by atoms with E-state index in [1.54, 1.807) is 48.1 Å². The summed E-state index contributed by atoms with van der Waals surface area (Å²) in [5, 5.41) is 7.80. The lowest BCUT2D eigenvalue weighted by molar-refractivity contribution is -0.132. The fraction of sp³-hybridized carbons (Fsp3) is 0.259. The number of nitrogens with zero attached hydrogens (tertiary/aromatic N) is 2. The van der Waals surface area contributed by atoms with Crippen LogP contribution in [0.15, 0.2) is 66.9 Å². The van der Waals surface area contributed by atoms with Crippen LogP contribution in [0.2, 0.25) is 0 Å². The highest BCUT2D eigenvalue weighted by Gasteiger charge is 2.32. The zero-order valence-electron chi connectivity index (χ0n) is 19.9. The molecular weight excluding hydrogens is 455 g/mol. The molecule has 1 N–H and O–H groups in total. The van der Waals surface area contributed by atoms with Gasteiger partial charge in [0.25, 0.3) is 5.91 Å². The number of fused-ring (bicyclic) bond motifs is 1. The molecule has 0 aliphatic heterocycles. The molecule has 1 heterocycles. The number of benzene rings is 3. The Hall–Kier alpha value is -3.81. The van der Waals surface area contributed by atoms with Crippen molar-refractivity contribution in [3.05, 3.63) is 89.6 Å². The van der Waals surface area contributed by atoms with Crippen LogP contribution in [-0.2, 0) is 4.79 Å². The largest absolute Gasteiger partial charge is 0.484 e. The van der Waals surface area contributed by atoms with Crippen LogP contribution in [0.5, 0.6) is 5.75 Å². The lowest BCUT2D eigenvalue weighted by Crippen LogP contribution is -2.46. The number of carbonyl (C=O) groups excluding carboxylic acids is 1. The van der Waals surface area contributed by atoms with Gasteiger partial charge in [-0.3, -0.25) is 4.79 Å². The highest BCUT2D eigenvalue weighted by Crippen LogP contribution is 2.31. The summed E-state index contributed by atoms with van der Waals surface area (Å²) < 4.78 is 49.5. The van der Waals surface area contributed by atoms with Crippen molar-refractivity contribution in [2.24, 2.45) is 0 Å². The molecule has 4 rings (SSSR count). The number of ether oxygens (including phenoxy) is 1. The van der Waals surface area contributed by atoms with Crippen molar-refractivity contribution < 1.29 is 22.7 Å². The normalized spacial score (nSPS) is 13.5. The molecule has 5 nitrogen and oxygen atoms in total. The molecule has 0 saturated heterocycles. The van der Waals surface area contributed by atoms with Gasteiger partial charge in [-0.05, 0) is 87.9 Å². The van der Waals surface area contributed by atoms with Gasteiger partial charge in [0.2, 0.25) is 0 Å². The molecule has 0 bridgehead atoms. The van der Waals surface area contributed by atoms with E-state index in [0.717, 1.165) is 16.5 Å². The van der Waals surface area contributed by atoms with Crippen LogP contribution in [0.4, 0.5) is 13.2 Å². The number of halogens is 3. The third-order valence-electron chi connectivity index (χ3n) is 5.77. The summed E-state index contributed by atoms with van der Waals surface area (Å²) in [5.74, 6) is -1.11. The molecule has 0 fully saturated rings. The van der Waals surface area contributed by atoms with E-state index in [2.05, 4.69) is 10.4 Å². The second-order valence-electron chi connectivity index (χ2n) is 9.03. The molecule has 0 spiro atoms. The minimum Gasteiger partial charge on any atom is -0.484 e. The maximum atomic E-state index is 14.2. The van der Waals surface area contributed by atoms with Gasteiger partial charge in [-0.2, -0.15) is 5.10 Å². The molecule has 182 valence electrons.